The van der Waals surface area contributed by atoms with Gasteiger partial charge in [0.1, 0.15) is 12.1 Å². The molecule has 1 aliphatic rings. The van der Waals surface area contributed by atoms with Crippen LogP contribution in [0.1, 0.15) is 23.2 Å². The van der Waals surface area contributed by atoms with Gasteiger partial charge in [0.15, 0.2) is 0 Å². The lowest BCUT2D eigenvalue weighted by Crippen LogP contribution is -2.38. The zero-order chi connectivity index (χ0) is 14.8. The van der Waals surface area contributed by atoms with E-state index in [9.17, 15) is 9.59 Å². The van der Waals surface area contributed by atoms with E-state index in [1.54, 1.807) is 23.1 Å². The molecule has 1 aromatic carbocycles. The van der Waals surface area contributed by atoms with Crippen LogP contribution in [-0.2, 0) is 4.79 Å². The van der Waals surface area contributed by atoms with Crippen molar-refractivity contribution in [3.63, 3.8) is 0 Å². The number of nitrogens with zero attached hydrogens (tertiary/aromatic N) is 5. The van der Waals surface area contributed by atoms with Crippen molar-refractivity contribution in [2.75, 3.05) is 13.1 Å². The van der Waals surface area contributed by atoms with Gasteiger partial charge in [-0.25, -0.2) is 4.68 Å². The van der Waals surface area contributed by atoms with Crippen LogP contribution in [0, 0.1) is 0 Å². The Kier molecular flexibility index (Phi) is 3.66. The molecule has 0 atom stereocenters. The van der Waals surface area contributed by atoms with E-state index in [2.05, 4.69) is 15.5 Å². The van der Waals surface area contributed by atoms with Crippen LogP contribution in [0.15, 0.2) is 24.5 Å². The summed E-state index contributed by atoms with van der Waals surface area (Å²) >= 11 is 6.13. The Hall–Kier alpha value is -2.28. The van der Waals surface area contributed by atoms with Crippen LogP contribution in [0.25, 0.3) is 5.69 Å². The molecule has 0 aliphatic carbocycles. The van der Waals surface area contributed by atoms with Crippen LogP contribution < -0.4 is 0 Å². The second-order valence-corrected chi connectivity index (χ2v) is 5.16. The molecule has 1 fully saturated rings. The topological polar surface area (TPSA) is 81.0 Å². The number of benzene rings is 1. The van der Waals surface area contributed by atoms with Gasteiger partial charge >= 0.3 is 0 Å². The molecular weight excluding hydrogens is 294 g/mol. The molecule has 0 spiro atoms. The number of Topliss-reactive ketones (excluding diaryl/α,β-unsaturated/α-hetero) is 1. The lowest BCUT2D eigenvalue weighted by molar-refractivity contribution is -0.120. The number of amides is 1. The summed E-state index contributed by atoms with van der Waals surface area (Å²) in [6.45, 7) is 0.867. The van der Waals surface area contributed by atoms with E-state index in [1.807, 2.05) is 0 Å². The number of hydrogen-bond donors (Lipinski definition) is 0. The molecule has 2 heterocycles. The number of rotatable bonds is 2. The van der Waals surface area contributed by atoms with Crippen molar-refractivity contribution in [3.05, 3.63) is 35.1 Å². The number of halogens is 1. The predicted molar refractivity (Wildman–Crippen MR) is 74.3 cm³/mol. The normalized spacial score (nSPS) is 15.3. The summed E-state index contributed by atoms with van der Waals surface area (Å²) in [6.07, 6.45) is 2.24. The lowest BCUT2D eigenvalue weighted by Gasteiger charge is -2.26. The molecule has 0 N–H and O–H groups in total. The Morgan fingerprint density at radius 1 is 1.24 bits per heavy atom. The van der Waals surface area contributed by atoms with Gasteiger partial charge in [-0.15, -0.1) is 5.10 Å². The lowest BCUT2D eigenvalue weighted by atomic mass is 10.1. The highest BCUT2D eigenvalue weighted by atomic mass is 35.5. The number of hydrogen-bond acceptors (Lipinski definition) is 5. The second kappa shape index (κ2) is 5.61. The zero-order valence-corrected chi connectivity index (χ0v) is 11.8. The van der Waals surface area contributed by atoms with E-state index in [-0.39, 0.29) is 11.7 Å². The third-order valence-corrected chi connectivity index (χ3v) is 3.73. The standard InChI is InChI=1S/C13H12ClN5O2/c14-12-2-1-9(19-8-15-16-17-19)7-11(12)13(21)18-5-3-10(20)4-6-18/h1-2,7-8H,3-6H2. The molecule has 0 saturated carbocycles. The molecule has 1 saturated heterocycles. The second-order valence-electron chi connectivity index (χ2n) is 4.75. The molecule has 3 rings (SSSR count). The molecule has 1 aromatic heterocycles. The molecule has 0 unspecified atom stereocenters. The summed E-state index contributed by atoms with van der Waals surface area (Å²) in [5.41, 5.74) is 1.04. The summed E-state index contributed by atoms with van der Waals surface area (Å²) in [6, 6.07) is 5.02. The van der Waals surface area contributed by atoms with Crippen LogP contribution in [0.2, 0.25) is 5.02 Å². The first-order valence-electron chi connectivity index (χ1n) is 6.49. The van der Waals surface area contributed by atoms with Crippen LogP contribution in [0.5, 0.6) is 0 Å². The molecule has 0 radical (unpaired) electrons. The molecule has 108 valence electrons. The van der Waals surface area contributed by atoms with Crippen molar-refractivity contribution in [2.24, 2.45) is 0 Å². The first-order valence-corrected chi connectivity index (χ1v) is 6.87. The molecule has 7 nitrogen and oxygen atoms in total. The molecular formula is C13H12ClN5O2. The van der Waals surface area contributed by atoms with Crippen LogP contribution in [-0.4, -0.2) is 49.9 Å². The van der Waals surface area contributed by atoms with Crippen molar-refractivity contribution in [1.29, 1.82) is 0 Å². The maximum absolute atomic E-state index is 12.5. The first kappa shape index (κ1) is 13.7. The Balaban J connectivity index is 1.89. The van der Waals surface area contributed by atoms with Crippen molar-refractivity contribution in [3.8, 4) is 5.69 Å². The number of ketones is 1. The van der Waals surface area contributed by atoms with Crippen molar-refractivity contribution < 1.29 is 9.59 Å². The van der Waals surface area contributed by atoms with Crippen molar-refractivity contribution in [2.45, 2.75) is 12.8 Å². The number of aromatic nitrogens is 4. The molecule has 2 aromatic rings. The summed E-state index contributed by atoms with van der Waals surface area (Å²) in [5, 5.41) is 11.3. The highest BCUT2D eigenvalue weighted by Gasteiger charge is 2.23. The number of carbonyl (C=O) groups excluding carboxylic acids is 2. The fraction of sp³-hybridized carbons (Fsp3) is 0.308. The van der Waals surface area contributed by atoms with Gasteiger partial charge in [0, 0.05) is 25.9 Å². The summed E-state index contributed by atoms with van der Waals surface area (Å²) < 4.78 is 1.45. The molecule has 1 aliphatic heterocycles. The van der Waals surface area contributed by atoms with E-state index in [1.165, 1.54) is 11.0 Å². The molecule has 21 heavy (non-hydrogen) atoms. The Morgan fingerprint density at radius 3 is 2.67 bits per heavy atom. The van der Waals surface area contributed by atoms with Crippen LogP contribution >= 0.6 is 11.6 Å². The maximum atomic E-state index is 12.5. The summed E-state index contributed by atoms with van der Waals surface area (Å²) in [4.78, 5) is 25.4. The van der Waals surface area contributed by atoms with E-state index < -0.39 is 0 Å². The summed E-state index contributed by atoms with van der Waals surface area (Å²) in [5.74, 6) is 0.00927. The van der Waals surface area contributed by atoms with Gasteiger partial charge in [-0.05, 0) is 28.6 Å². The number of piperidine rings is 1. The monoisotopic (exact) mass is 305 g/mol. The Bertz CT molecular complexity index is 676. The number of carbonyl (C=O) groups is 2. The highest BCUT2D eigenvalue weighted by molar-refractivity contribution is 6.33. The minimum atomic E-state index is -0.178. The third-order valence-electron chi connectivity index (χ3n) is 3.40. The highest BCUT2D eigenvalue weighted by Crippen LogP contribution is 2.22. The Morgan fingerprint density at radius 2 is 2.00 bits per heavy atom. The third kappa shape index (κ3) is 2.78. The van der Waals surface area contributed by atoms with Crippen molar-refractivity contribution >= 4 is 23.3 Å². The van der Waals surface area contributed by atoms with E-state index in [0.717, 1.165) is 0 Å². The smallest absolute Gasteiger partial charge is 0.255 e. The van der Waals surface area contributed by atoms with Gasteiger partial charge in [-0.3, -0.25) is 9.59 Å². The minimum absolute atomic E-state index is 0.178. The molecule has 1 amide bonds. The predicted octanol–water partition coefficient (Wildman–Crippen LogP) is 1.12. The van der Waals surface area contributed by atoms with E-state index in [4.69, 9.17) is 11.6 Å². The van der Waals surface area contributed by atoms with E-state index in [0.29, 0.717) is 42.2 Å². The van der Waals surface area contributed by atoms with E-state index >= 15 is 0 Å². The fourth-order valence-electron chi connectivity index (χ4n) is 2.23. The van der Waals surface area contributed by atoms with Gasteiger partial charge in [-0.2, -0.15) is 0 Å². The zero-order valence-electron chi connectivity index (χ0n) is 11.1. The number of tetrazole rings is 1. The average Bonchev–Trinajstić information content (AvgIpc) is 3.02. The maximum Gasteiger partial charge on any atom is 0.255 e. The van der Waals surface area contributed by atoms with Gasteiger partial charge < -0.3 is 4.90 Å². The van der Waals surface area contributed by atoms with Gasteiger partial charge in [0.2, 0.25) is 0 Å². The molecule has 0 bridgehead atoms. The van der Waals surface area contributed by atoms with Gasteiger partial charge in [0.25, 0.3) is 5.91 Å². The SMILES string of the molecule is O=C1CCN(C(=O)c2cc(-n3cnnn3)ccc2Cl)CC1. The summed E-state index contributed by atoms with van der Waals surface area (Å²) in [7, 11) is 0. The average molecular weight is 306 g/mol. The quantitative estimate of drug-likeness (QED) is 0.830. The van der Waals surface area contributed by atoms with Gasteiger partial charge in [-0.1, -0.05) is 11.6 Å². The fourth-order valence-corrected chi connectivity index (χ4v) is 2.43. The Labute approximate surface area is 125 Å². The van der Waals surface area contributed by atoms with Crippen LogP contribution in [0.3, 0.4) is 0 Å². The number of likely N-dealkylation sites (tertiary alicyclic amines) is 1. The largest absolute Gasteiger partial charge is 0.338 e. The molecule has 8 heteroatoms. The minimum Gasteiger partial charge on any atom is -0.338 e. The van der Waals surface area contributed by atoms with Gasteiger partial charge in [0.05, 0.1) is 16.3 Å². The van der Waals surface area contributed by atoms with Crippen molar-refractivity contribution in [1.82, 2.24) is 25.1 Å². The first-order chi connectivity index (χ1) is 10.1. The van der Waals surface area contributed by atoms with Crippen LogP contribution in [0.4, 0.5) is 0 Å².